The van der Waals surface area contributed by atoms with Crippen LogP contribution in [0.1, 0.15) is 49.4 Å². The second-order valence-corrected chi connectivity index (χ2v) is 9.24. The Bertz CT molecular complexity index is 727. The Morgan fingerprint density at radius 2 is 1.77 bits per heavy atom. The fourth-order valence-corrected chi connectivity index (χ4v) is 5.26. The number of rotatable bonds is 3. The molecule has 0 aromatic heterocycles. The average molecular weight is 380 g/mol. The zero-order chi connectivity index (χ0) is 18.6. The number of nitrogens with one attached hydrogen (secondary N) is 1. The normalized spacial score (nSPS) is 23.3. The van der Waals surface area contributed by atoms with Gasteiger partial charge in [0.25, 0.3) is 5.91 Å². The third-order valence-electron chi connectivity index (χ3n) is 5.19. The minimum absolute atomic E-state index is 0.0944. The van der Waals surface area contributed by atoms with Gasteiger partial charge in [0.1, 0.15) is 0 Å². The summed E-state index contributed by atoms with van der Waals surface area (Å²) in [7, 11) is -3.55. The summed E-state index contributed by atoms with van der Waals surface area (Å²) in [5, 5.41) is 3.31. The molecule has 2 aliphatic rings. The zero-order valence-corrected chi connectivity index (χ0v) is 16.3. The molecule has 0 bridgehead atoms. The third kappa shape index (κ3) is 4.45. The molecule has 6 nitrogen and oxygen atoms in total. The van der Waals surface area contributed by atoms with Gasteiger partial charge in [0.2, 0.25) is 10.0 Å². The van der Waals surface area contributed by atoms with E-state index >= 15 is 0 Å². The SMILES string of the molecule is C[C@H]1CN(C(=O)c2cccc(S(=O)(=O)N3CCCCCCC3)c2)CCN1. The standard InChI is InChI=1S/C19H29N3O3S/c1-16-15-21(13-10-20-16)19(23)17-8-7-9-18(14-17)26(24,25)22-11-5-3-2-4-6-12-22/h7-9,14,16,20H,2-6,10-13,15H2,1H3/t16-/m0/s1. The fourth-order valence-electron chi connectivity index (χ4n) is 3.70. The average Bonchev–Trinajstić information content (AvgIpc) is 2.60. The molecule has 1 N–H and O–H groups in total. The topological polar surface area (TPSA) is 69.7 Å². The maximum atomic E-state index is 13.0. The Kier molecular flexibility index (Phi) is 6.32. The highest BCUT2D eigenvalue weighted by Gasteiger charge is 2.27. The van der Waals surface area contributed by atoms with Gasteiger partial charge in [0.15, 0.2) is 0 Å². The van der Waals surface area contributed by atoms with Crippen molar-refractivity contribution in [1.82, 2.24) is 14.5 Å². The van der Waals surface area contributed by atoms with Crippen LogP contribution in [0.25, 0.3) is 0 Å². The molecule has 0 aliphatic carbocycles. The number of nitrogens with zero attached hydrogens (tertiary/aromatic N) is 2. The first kappa shape index (κ1) is 19.3. The molecule has 0 radical (unpaired) electrons. The zero-order valence-electron chi connectivity index (χ0n) is 15.5. The Morgan fingerprint density at radius 1 is 1.08 bits per heavy atom. The van der Waals surface area contributed by atoms with Gasteiger partial charge in [-0.05, 0) is 38.0 Å². The first-order valence-electron chi connectivity index (χ1n) is 9.61. The van der Waals surface area contributed by atoms with E-state index < -0.39 is 10.0 Å². The number of carbonyl (C=O) groups is 1. The van der Waals surface area contributed by atoms with Crippen molar-refractivity contribution in [2.45, 2.75) is 50.0 Å². The lowest BCUT2D eigenvalue weighted by molar-refractivity contribution is 0.0709. The number of hydrogen-bond acceptors (Lipinski definition) is 4. The number of hydrogen-bond donors (Lipinski definition) is 1. The lowest BCUT2D eigenvalue weighted by Gasteiger charge is -2.32. The molecule has 26 heavy (non-hydrogen) atoms. The van der Waals surface area contributed by atoms with Gasteiger partial charge in [-0.15, -0.1) is 0 Å². The summed E-state index contributed by atoms with van der Waals surface area (Å²) >= 11 is 0. The molecule has 144 valence electrons. The third-order valence-corrected chi connectivity index (χ3v) is 7.08. The van der Waals surface area contributed by atoms with E-state index in [1.165, 1.54) is 6.42 Å². The van der Waals surface area contributed by atoms with Gasteiger partial charge >= 0.3 is 0 Å². The van der Waals surface area contributed by atoms with Gasteiger partial charge in [-0.3, -0.25) is 4.79 Å². The van der Waals surface area contributed by atoms with Crippen LogP contribution in [0.2, 0.25) is 0 Å². The Balaban J connectivity index is 1.80. The van der Waals surface area contributed by atoms with Crippen molar-refractivity contribution >= 4 is 15.9 Å². The Morgan fingerprint density at radius 3 is 2.46 bits per heavy atom. The molecule has 2 heterocycles. The van der Waals surface area contributed by atoms with Crippen LogP contribution in [0.4, 0.5) is 0 Å². The molecule has 1 amide bonds. The summed E-state index contributed by atoms with van der Waals surface area (Å²) in [5.41, 5.74) is 0.451. The van der Waals surface area contributed by atoms with Gasteiger partial charge in [-0.1, -0.05) is 25.3 Å². The van der Waals surface area contributed by atoms with Crippen molar-refractivity contribution in [2.75, 3.05) is 32.7 Å². The molecule has 0 spiro atoms. The van der Waals surface area contributed by atoms with Crippen LogP contribution in [0.3, 0.4) is 0 Å². The van der Waals surface area contributed by atoms with Crippen LogP contribution in [-0.2, 0) is 10.0 Å². The van der Waals surface area contributed by atoms with E-state index in [1.54, 1.807) is 33.5 Å². The minimum atomic E-state index is -3.55. The van der Waals surface area contributed by atoms with E-state index in [-0.39, 0.29) is 16.8 Å². The van der Waals surface area contributed by atoms with Gasteiger partial charge in [-0.2, -0.15) is 4.31 Å². The highest BCUT2D eigenvalue weighted by Crippen LogP contribution is 2.21. The lowest BCUT2D eigenvalue weighted by atomic mass is 10.1. The summed E-state index contributed by atoms with van der Waals surface area (Å²) in [5.74, 6) is -0.0944. The maximum absolute atomic E-state index is 13.0. The summed E-state index contributed by atoms with van der Waals surface area (Å²) in [6.07, 6.45) is 5.13. The summed E-state index contributed by atoms with van der Waals surface area (Å²) in [6.45, 7) is 5.22. The van der Waals surface area contributed by atoms with Gasteiger partial charge in [-0.25, -0.2) is 8.42 Å². The molecule has 0 saturated carbocycles. The van der Waals surface area contributed by atoms with Gasteiger partial charge in [0.05, 0.1) is 4.90 Å². The summed E-state index contributed by atoms with van der Waals surface area (Å²) in [6, 6.07) is 6.78. The maximum Gasteiger partial charge on any atom is 0.253 e. The fraction of sp³-hybridized carbons (Fsp3) is 0.632. The predicted molar refractivity (Wildman–Crippen MR) is 102 cm³/mol. The van der Waals surface area contributed by atoms with E-state index in [4.69, 9.17) is 0 Å². The molecule has 7 heteroatoms. The smallest absolute Gasteiger partial charge is 0.253 e. The molecular weight excluding hydrogens is 350 g/mol. The van der Waals surface area contributed by atoms with Crippen LogP contribution in [0, 0.1) is 0 Å². The number of carbonyl (C=O) groups excluding carboxylic acids is 1. The van der Waals surface area contributed by atoms with Crippen LogP contribution in [0.15, 0.2) is 29.2 Å². The molecule has 1 atom stereocenters. The second-order valence-electron chi connectivity index (χ2n) is 7.31. The molecule has 2 aliphatic heterocycles. The Hall–Kier alpha value is -1.44. The summed E-state index contributed by atoms with van der Waals surface area (Å²) in [4.78, 5) is 14.8. The van der Waals surface area contributed by atoms with Crippen LogP contribution < -0.4 is 5.32 Å². The molecule has 1 aromatic rings. The number of benzene rings is 1. The van der Waals surface area contributed by atoms with Gasteiger partial charge in [0, 0.05) is 44.3 Å². The minimum Gasteiger partial charge on any atom is -0.336 e. The van der Waals surface area contributed by atoms with Crippen LogP contribution in [0.5, 0.6) is 0 Å². The predicted octanol–water partition coefficient (Wildman–Crippen LogP) is 2.08. The molecule has 2 fully saturated rings. The van der Waals surface area contributed by atoms with Crippen molar-refractivity contribution in [2.24, 2.45) is 0 Å². The molecule has 1 aromatic carbocycles. The molecule has 3 rings (SSSR count). The van der Waals surface area contributed by atoms with E-state index in [9.17, 15) is 13.2 Å². The molecule has 2 saturated heterocycles. The first-order valence-corrected chi connectivity index (χ1v) is 11.1. The van der Waals surface area contributed by atoms with E-state index in [0.29, 0.717) is 31.7 Å². The highest BCUT2D eigenvalue weighted by molar-refractivity contribution is 7.89. The number of sulfonamides is 1. The lowest BCUT2D eigenvalue weighted by Crippen LogP contribution is -2.51. The first-order chi connectivity index (χ1) is 12.5. The van der Waals surface area contributed by atoms with Crippen molar-refractivity contribution in [3.8, 4) is 0 Å². The highest BCUT2D eigenvalue weighted by atomic mass is 32.2. The van der Waals surface area contributed by atoms with Gasteiger partial charge < -0.3 is 10.2 Å². The van der Waals surface area contributed by atoms with Crippen molar-refractivity contribution in [3.05, 3.63) is 29.8 Å². The van der Waals surface area contributed by atoms with Crippen molar-refractivity contribution < 1.29 is 13.2 Å². The summed E-state index contributed by atoms with van der Waals surface area (Å²) < 4.78 is 27.7. The van der Waals surface area contributed by atoms with E-state index in [0.717, 1.165) is 32.2 Å². The van der Waals surface area contributed by atoms with Crippen molar-refractivity contribution in [3.63, 3.8) is 0 Å². The molecule has 0 unspecified atom stereocenters. The van der Waals surface area contributed by atoms with E-state index in [1.807, 2.05) is 6.92 Å². The second kappa shape index (κ2) is 8.50. The van der Waals surface area contributed by atoms with E-state index in [2.05, 4.69) is 5.32 Å². The van der Waals surface area contributed by atoms with Crippen molar-refractivity contribution in [1.29, 1.82) is 0 Å². The molecular formula is C19H29N3O3S. The Labute approximate surface area is 156 Å². The number of piperazine rings is 1. The number of amides is 1. The van der Waals surface area contributed by atoms with Crippen LogP contribution in [-0.4, -0.2) is 62.3 Å². The van der Waals surface area contributed by atoms with Crippen LogP contribution >= 0.6 is 0 Å². The largest absolute Gasteiger partial charge is 0.336 e. The quantitative estimate of drug-likeness (QED) is 0.873. The monoisotopic (exact) mass is 379 g/mol.